The van der Waals surface area contributed by atoms with Crippen molar-refractivity contribution in [2.75, 3.05) is 31.1 Å². The highest BCUT2D eigenvalue weighted by Gasteiger charge is 2.24. The molecule has 1 N–H and O–H groups in total. The van der Waals surface area contributed by atoms with Gasteiger partial charge in [0.2, 0.25) is 0 Å². The Bertz CT molecular complexity index is 770. The third kappa shape index (κ3) is 3.93. The molecule has 1 aliphatic heterocycles. The number of pyridine rings is 1. The van der Waals surface area contributed by atoms with E-state index in [1.165, 1.54) is 6.07 Å². The lowest BCUT2D eigenvalue weighted by molar-refractivity contribution is 0.0395. The summed E-state index contributed by atoms with van der Waals surface area (Å²) in [7, 11) is 0. The molecule has 0 radical (unpaired) electrons. The first kappa shape index (κ1) is 17.3. The van der Waals surface area contributed by atoms with Gasteiger partial charge in [-0.15, -0.1) is 0 Å². The summed E-state index contributed by atoms with van der Waals surface area (Å²) in [4.78, 5) is 18.1. The minimum absolute atomic E-state index is 0.227. The van der Waals surface area contributed by atoms with Gasteiger partial charge in [-0.3, -0.25) is 9.78 Å². The molecule has 132 valence electrons. The summed E-state index contributed by atoms with van der Waals surface area (Å²) in [6.07, 6.45) is 1.21. The first-order valence-corrected chi connectivity index (χ1v) is 8.14. The standard InChI is InChI=1S/C18H19F2N3O2/c1-2-21-18(24)16-10-13(5-6-22-16)23-7-8-25-17(11-23)12-3-4-14(19)15(20)9-12/h3-6,9-10,17H,2,7-8,11H2,1H3,(H,21,24)/t17-/m0/s1. The van der Waals surface area contributed by atoms with Gasteiger partial charge in [0.1, 0.15) is 11.8 Å². The van der Waals surface area contributed by atoms with Crippen molar-refractivity contribution in [3.8, 4) is 0 Å². The molecule has 1 fully saturated rings. The number of aromatic nitrogens is 1. The molecule has 0 unspecified atom stereocenters. The lowest BCUT2D eigenvalue weighted by Gasteiger charge is -2.34. The van der Waals surface area contributed by atoms with Crippen molar-refractivity contribution in [1.82, 2.24) is 10.3 Å². The highest BCUT2D eigenvalue weighted by atomic mass is 19.2. The molecule has 2 aromatic rings. The molecule has 5 nitrogen and oxygen atoms in total. The number of morpholine rings is 1. The van der Waals surface area contributed by atoms with Crippen LogP contribution in [0.5, 0.6) is 0 Å². The van der Waals surface area contributed by atoms with Crippen molar-refractivity contribution in [2.24, 2.45) is 0 Å². The Morgan fingerprint density at radius 3 is 2.92 bits per heavy atom. The van der Waals surface area contributed by atoms with Crippen LogP contribution in [0, 0.1) is 11.6 Å². The Labute approximate surface area is 144 Å². The van der Waals surface area contributed by atoms with Gasteiger partial charge in [-0.25, -0.2) is 8.78 Å². The predicted octanol–water partition coefficient (Wildman–Crippen LogP) is 2.69. The Balaban J connectivity index is 1.78. The number of hydrogen-bond acceptors (Lipinski definition) is 4. The lowest BCUT2D eigenvalue weighted by atomic mass is 10.1. The monoisotopic (exact) mass is 347 g/mol. The number of carbonyl (C=O) groups is 1. The quantitative estimate of drug-likeness (QED) is 0.924. The summed E-state index contributed by atoms with van der Waals surface area (Å²) in [6.45, 7) is 3.93. The Morgan fingerprint density at radius 2 is 2.16 bits per heavy atom. The molecule has 1 amide bonds. The van der Waals surface area contributed by atoms with Crippen LogP contribution in [-0.2, 0) is 4.74 Å². The van der Waals surface area contributed by atoms with Crippen LogP contribution in [0.15, 0.2) is 36.5 Å². The number of hydrogen-bond donors (Lipinski definition) is 1. The number of nitrogens with zero attached hydrogens (tertiary/aromatic N) is 2. The molecule has 0 spiro atoms. The van der Waals surface area contributed by atoms with Crippen molar-refractivity contribution >= 4 is 11.6 Å². The molecule has 7 heteroatoms. The zero-order valence-electron chi connectivity index (χ0n) is 13.8. The highest BCUT2D eigenvalue weighted by molar-refractivity contribution is 5.93. The maximum Gasteiger partial charge on any atom is 0.269 e. The zero-order valence-corrected chi connectivity index (χ0v) is 13.8. The maximum absolute atomic E-state index is 13.5. The molecule has 1 aromatic carbocycles. The van der Waals surface area contributed by atoms with Crippen LogP contribution in [0.25, 0.3) is 0 Å². The van der Waals surface area contributed by atoms with E-state index in [9.17, 15) is 13.6 Å². The van der Waals surface area contributed by atoms with E-state index in [0.29, 0.717) is 37.5 Å². The first-order chi connectivity index (χ1) is 12.1. The molecule has 3 rings (SSSR count). The van der Waals surface area contributed by atoms with E-state index in [2.05, 4.69) is 10.3 Å². The van der Waals surface area contributed by atoms with Gasteiger partial charge >= 0.3 is 0 Å². The molecule has 0 saturated carbocycles. The van der Waals surface area contributed by atoms with Crippen LogP contribution in [0.3, 0.4) is 0 Å². The average molecular weight is 347 g/mol. The van der Waals surface area contributed by atoms with E-state index in [1.54, 1.807) is 12.3 Å². The Morgan fingerprint density at radius 1 is 1.32 bits per heavy atom. The lowest BCUT2D eigenvalue weighted by Crippen LogP contribution is -2.38. The summed E-state index contributed by atoms with van der Waals surface area (Å²) in [6, 6.07) is 7.33. The maximum atomic E-state index is 13.5. The number of amides is 1. The minimum atomic E-state index is -0.888. The summed E-state index contributed by atoms with van der Waals surface area (Å²) in [5.41, 5.74) is 1.77. The molecule has 1 aromatic heterocycles. The average Bonchev–Trinajstić information content (AvgIpc) is 2.64. The van der Waals surface area contributed by atoms with Crippen LogP contribution in [0.1, 0.15) is 29.1 Å². The second-order valence-electron chi connectivity index (χ2n) is 5.74. The molecule has 0 aliphatic carbocycles. The van der Waals surface area contributed by atoms with Gasteiger partial charge in [0.25, 0.3) is 5.91 Å². The van der Waals surface area contributed by atoms with Gasteiger partial charge < -0.3 is 15.0 Å². The van der Waals surface area contributed by atoms with Gasteiger partial charge in [0, 0.05) is 31.5 Å². The molecular weight excluding hydrogens is 328 g/mol. The SMILES string of the molecule is CCNC(=O)c1cc(N2CCO[C@H](c3ccc(F)c(F)c3)C2)ccn1. The molecule has 1 aliphatic rings. The Hall–Kier alpha value is -2.54. The second kappa shape index (κ2) is 7.57. The number of rotatable bonds is 4. The van der Waals surface area contributed by atoms with Gasteiger partial charge in [0.15, 0.2) is 11.6 Å². The molecule has 25 heavy (non-hydrogen) atoms. The summed E-state index contributed by atoms with van der Waals surface area (Å²) in [5, 5.41) is 2.72. The number of carbonyl (C=O) groups excluding carboxylic acids is 1. The number of halogens is 2. The number of anilines is 1. The van der Waals surface area contributed by atoms with Crippen LogP contribution in [0.4, 0.5) is 14.5 Å². The van der Waals surface area contributed by atoms with E-state index < -0.39 is 11.6 Å². The van der Waals surface area contributed by atoms with Gasteiger partial charge in [-0.05, 0) is 36.8 Å². The number of benzene rings is 1. The normalized spacial score (nSPS) is 17.4. The number of ether oxygens (including phenoxy) is 1. The third-order valence-corrected chi connectivity index (χ3v) is 4.06. The molecule has 1 saturated heterocycles. The van der Waals surface area contributed by atoms with Gasteiger partial charge in [-0.2, -0.15) is 0 Å². The van der Waals surface area contributed by atoms with E-state index in [0.717, 1.165) is 17.8 Å². The van der Waals surface area contributed by atoms with Gasteiger partial charge in [-0.1, -0.05) is 6.07 Å². The van der Waals surface area contributed by atoms with Crippen molar-refractivity contribution in [3.05, 3.63) is 59.4 Å². The Kier molecular flexibility index (Phi) is 5.23. The van der Waals surface area contributed by atoms with E-state index in [4.69, 9.17) is 4.74 Å². The largest absolute Gasteiger partial charge is 0.370 e. The summed E-state index contributed by atoms with van der Waals surface area (Å²) >= 11 is 0. The topological polar surface area (TPSA) is 54.5 Å². The van der Waals surface area contributed by atoms with Crippen molar-refractivity contribution < 1.29 is 18.3 Å². The van der Waals surface area contributed by atoms with E-state index in [-0.39, 0.29) is 12.0 Å². The molecule has 0 bridgehead atoms. The fraction of sp³-hybridized carbons (Fsp3) is 0.333. The third-order valence-electron chi connectivity index (χ3n) is 4.06. The minimum Gasteiger partial charge on any atom is -0.370 e. The molecular formula is C18H19F2N3O2. The summed E-state index contributed by atoms with van der Waals surface area (Å²) in [5.74, 6) is -1.99. The van der Waals surface area contributed by atoms with Crippen molar-refractivity contribution in [1.29, 1.82) is 0 Å². The van der Waals surface area contributed by atoms with Gasteiger partial charge in [0.05, 0.1) is 6.61 Å². The zero-order chi connectivity index (χ0) is 17.8. The van der Waals surface area contributed by atoms with E-state index >= 15 is 0 Å². The van der Waals surface area contributed by atoms with Crippen LogP contribution in [-0.4, -0.2) is 37.1 Å². The van der Waals surface area contributed by atoms with Crippen molar-refractivity contribution in [3.63, 3.8) is 0 Å². The molecule has 1 atom stereocenters. The molecule has 2 heterocycles. The second-order valence-corrected chi connectivity index (χ2v) is 5.74. The smallest absolute Gasteiger partial charge is 0.269 e. The predicted molar refractivity (Wildman–Crippen MR) is 89.5 cm³/mol. The first-order valence-electron chi connectivity index (χ1n) is 8.14. The number of nitrogens with one attached hydrogen (secondary N) is 1. The fourth-order valence-electron chi connectivity index (χ4n) is 2.79. The fourth-order valence-corrected chi connectivity index (χ4v) is 2.79. The van der Waals surface area contributed by atoms with Crippen LogP contribution >= 0.6 is 0 Å². The van der Waals surface area contributed by atoms with E-state index in [1.807, 2.05) is 17.9 Å². The van der Waals surface area contributed by atoms with Crippen molar-refractivity contribution in [2.45, 2.75) is 13.0 Å². The highest BCUT2D eigenvalue weighted by Crippen LogP contribution is 2.27. The van der Waals surface area contributed by atoms with Crippen LogP contribution < -0.4 is 10.2 Å². The van der Waals surface area contributed by atoms with Crippen LogP contribution in [0.2, 0.25) is 0 Å². The summed E-state index contributed by atoms with van der Waals surface area (Å²) < 4.78 is 32.3.